The summed E-state index contributed by atoms with van der Waals surface area (Å²) in [5, 5.41) is 10.3. The van der Waals surface area contributed by atoms with Gasteiger partial charge in [0, 0.05) is 0 Å². The second-order valence-electron chi connectivity index (χ2n) is 13.1. The van der Waals surface area contributed by atoms with Crippen LogP contribution in [0, 0.1) is 0 Å². The molecule has 0 aromatic heterocycles. The molecule has 10 heteroatoms. The van der Waals surface area contributed by atoms with E-state index < -0.39 is 44.2 Å². The molecule has 1 amide bonds. The molecule has 0 aliphatic rings. The molecule has 264 valence electrons. The fourth-order valence-electron chi connectivity index (χ4n) is 5.29. The topological polar surface area (TPSA) is 123 Å². The molecule has 2 atom stereocenters. The minimum atomic E-state index is -4.95. The summed E-state index contributed by atoms with van der Waals surface area (Å²) in [5.41, 5.74) is 0.243. The summed E-state index contributed by atoms with van der Waals surface area (Å²) >= 11 is 0. The molecule has 2 N–H and O–H groups in total. The quantitative estimate of drug-likeness (QED) is 0.0678. The van der Waals surface area contributed by atoms with Crippen LogP contribution in [0.1, 0.15) is 135 Å². The summed E-state index contributed by atoms with van der Waals surface area (Å²) < 4.78 is 30.4. The Morgan fingerprint density at radius 2 is 1.17 bits per heavy atom. The first-order chi connectivity index (χ1) is 22.5. The van der Waals surface area contributed by atoms with Crippen LogP contribution >= 0.6 is 7.75 Å². The Morgan fingerprint density at radius 1 is 0.745 bits per heavy atom. The third kappa shape index (κ3) is 15.8. The number of aliphatic hydroxyl groups is 1. The molecule has 9 nitrogen and oxygen atoms in total. The van der Waals surface area contributed by atoms with Crippen molar-refractivity contribution < 1.29 is 38.2 Å². The van der Waals surface area contributed by atoms with Crippen LogP contribution in [0.25, 0.3) is 0 Å². The highest BCUT2D eigenvalue weighted by Gasteiger charge is 2.46. The number of aliphatic hydroxyl groups excluding tert-OH is 1. The van der Waals surface area contributed by atoms with Gasteiger partial charge in [-0.15, -0.1) is 0 Å². The van der Waals surface area contributed by atoms with Crippen molar-refractivity contribution in [2.75, 3.05) is 13.2 Å². The Kier molecular flexibility index (Phi) is 19.0. The van der Waals surface area contributed by atoms with E-state index in [-0.39, 0.29) is 6.61 Å². The van der Waals surface area contributed by atoms with Crippen molar-refractivity contribution in [2.45, 2.75) is 135 Å². The van der Waals surface area contributed by atoms with E-state index in [9.17, 15) is 24.2 Å². The lowest BCUT2D eigenvalue weighted by Gasteiger charge is -2.33. The molecule has 0 fully saturated rings. The average molecular weight is 676 g/mol. The smallest absolute Gasteiger partial charge is 0.438 e. The lowest BCUT2D eigenvalue weighted by Crippen LogP contribution is -2.48. The normalized spacial score (nSPS) is 13.6. The summed E-state index contributed by atoms with van der Waals surface area (Å²) in [6.45, 7) is 5.92. The van der Waals surface area contributed by atoms with Gasteiger partial charge in [0.2, 0.25) is 0 Å². The van der Waals surface area contributed by atoms with Crippen molar-refractivity contribution in [3.8, 4) is 0 Å². The first-order valence-electron chi connectivity index (χ1n) is 17.4. The van der Waals surface area contributed by atoms with Gasteiger partial charge >= 0.3 is 19.8 Å². The zero-order chi connectivity index (χ0) is 34.5. The van der Waals surface area contributed by atoms with Gasteiger partial charge in [-0.2, -0.15) is 4.67 Å². The maximum atomic E-state index is 13.6. The Labute approximate surface area is 282 Å². The summed E-state index contributed by atoms with van der Waals surface area (Å²) in [5.74, 6) is -1.08. The lowest BCUT2D eigenvalue weighted by molar-refractivity contribution is -0.154. The van der Waals surface area contributed by atoms with Crippen LogP contribution in [-0.4, -0.2) is 51.6 Å². The molecule has 2 aromatic rings. The Balaban J connectivity index is 1.97. The molecule has 0 saturated carbocycles. The van der Waals surface area contributed by atoms with E-state index in [1.165, 1.54) is 57.8 Å². The Hall–Kier alpha value is -2.71. The first kappa shape index (κ1) is 40.5. The van der Waals surface area contributed by atoms with Crippen LogP contribution in [0.2, 0.25) is 0 Å². The number of unbranched alkanes of at least 4 members (excludes halogenated alkanes) is 13. The molecule has 0 saturated heterocycles. The number of hydrogen-bond donors (Lipinski definition) is 2. The molecule has 0 spiro atoms. The molecule has 2 aromatic carbocycles. The van der Waals surface area contributed by atoms with Crippen molar-refractivity contribution in [1.29, 1.82) is 0 Å². The second kappa shape index (κ2) is 22.0. The Morgan fingerprint density at radius 3 is 1.57 bits per heavy atom. The summed E-state index contributed by atoms with van der Waals surface area (Å²) in [4.78, 5) is 37.9. The van der Waals surface area contributed by atoms with Gasteiger partial charge in [-0.3, -0.25) is 4.52 Å². The Bertz CT molecular complexity index is 1150. The number of nitrogens with zero attached hydrogens (tertiary/aromatic N) is 1. The van der Waals surface area contributed by atoms with Crippen molar-refractivity contribution in [3.05, 3.63) is 71.8 Å². The predicted molar refractivity (Wildman–Crippen MR) is 186 cm³/mol. The monoisotopic (exact) mass is 675 g/mol. The van der Waals surface area contributed by atoms with E-state index in [1.807, 2.05) is 12.1 Å². The highest BCUT2D eigenvalue weighted by atomic mass is 31.2. The van der Waals surface area contributed by atoms with E-state index >= 15 is 0 Å². The highest BCUT2D eigenvalue weighted by Crippen LogP contribution is 2.49. The standard InChI is InChI=1S/C37H58NO8P/c1-5-6-7-8-9-10-11-12-13-14-15-16-17-24-29-44-47(42,43)38(36(41)46-37(2,3)4)33(30-39)35(40)45-34(31-25-20-18-21-26-31)32-27-22-19-23-28-32/h18-23,25-28,33-34,39H,5-17,24,29-30H2,1-4H3,(H,42,43)/t33-/m0/s1. The van der Waals surface area contributed by atoms with Gasteiger partial charge in [-0.1, -0.05) is 151 Å². The van der Waals surface area contributed by atoms with E-state index in [4.69, 9.17) is 14.0 Å². The van der Waals surface area contributed by atoms with Crippen molar-refractivity contribution in [1.82, 2.24) is 4.67 Å². The number of carbonyl (C=O) groups excluding carboxylic acids is 2. The average Bonchev–Trinajstić information content (AvgIpc) is 3.03. The fraction of sp³-hybridized carbons (Fsp3) is 0.622. The third-order valence-corrected chi connectivity index (χ3v) is 9.29. The fourth-order valence-corrected chi connectivity index (χ4v) is 6.55. The number of esters is 1. The van der Waals surface area contributed by atoms with Crippen LogP contribution in [-0.2, 0) is 23.4 Å². The maximum absolute atomic E-state index is 13.6. The number of amides is 1. The van der Waals surface area contributed by atoms with Crippen LogP contribution in [0.5, 0.6) is 0 Å². The molecular formula is C37H58NO8P. The molecule has 1 unspecified atom stereocenters. The number of carbonyl (C=O) groups is 2. The van der Waals surface area contributed by atoms with Gasteiger partial charge in [0.1, 0.15) is 5.60 Å². The minimum absolute atomic E-state index is 0.102. The number of ether oxygens (including phenoxy) is 2. The maximum Gasteiger partial charge on any atom is 0.438 e. The van der Waals surface area contributed by atoms with Crippen molar-refractivity contribution in [3.63, 3.8) is 0 Å². The first-order valence-corrected chi connectivity index (χ1v) is 18.9. The number of hydrogen-bond acceptors (Lipinski definition) is 7. The van der Waals surface area contributed by atoms with Gasteiger partial charge in [0.15, 0.2) is 12.1 Å². The second-order valence-corrected chi connectivity index (χ2v) is 14.8. The van der Waals surface area contributed by atoms with Gasteiger partial charge in [-0.05, 0) is 38.3 Å². The molecule has 0 radical (unpaired) electrons. The van der Waals surface area contributed by atoms with Crippen LogP contribution in [0.3, 0.4) is 0 Å². The van der Waals surface area contributed by atoms with E-state index in [0.29, 0.717) is 22.2 Å². The lowest BCUT2D eigenvalue weighted by atomic mass is 10.0. The van der Waals surface area contributed by atoms with Crippen molar-refractivity contribution >= 4 is 19.8 Å². The van der Waals surface area contributed by atoms with Gasteiger partial charge in [0.25, 0.3) is 0 Å². The van der Waals surface area contributed by atoms with Crippen LogP contribution in [0.4, 0.5) is 4.79 Å². The summed E-state index contributed by atoms with van der Waals surface area (Å²) in [6, 6.07) is 16.1. The number of rotatable bonds is 23. The van der Waals surface area contributed by atoms with E-state index in [1.54, 1.807) is 69.3 Å². The molecule has 2 rings (SSSR count). The summed E-state index contributed by atoms with van der Waals surface area (Å²) in [6.07, 6.45) is 14.1. The van der Waals surface area contributed by atoms with E-state index in [2.05, 4.69) is 6.92 Å². The van der Waals surface area contributed by atoms with Crippen molar-refractivity contribution in [2.24, 2.45) is 0 Å². The van der Waals surface area contributed by atoms with Gasteiger partial charge < -0.3 is 19.5 Å². The van der Waals surface area contributed by atoms with Crippen LogP contribution < -0.4 is 0 Å². The highest BCUT2D eigenvalue weighted by molar-refractivity contribution is 7.51. The predicted octanol–water partition coefficient (Wildman–Crippen LogP) is 9.52. The molecule has 0 aliphatic heterocycles. The van der Waals surface area contributed by atoms with E-state index in [0.717, 1.165) is 25.7 Å². The summed E-state index contributed by atoms with van der Waals surface area (Å²) in [7, 11) is -4.95. The van der Waals surface area contributed by atoms with Gasteiger partial charge in [-0.25, -0.2) is 14.2 Å². The SMILES string of the molecule is CCCCCCCCCCCCCCCCOP(=O)(O)N(C(=O)OC(C)(C)C)[C@@H](CO)C(=O)OC(c1ccccc1)c1ccccc1. The zero-order valence-corrected chi connectivity index (χ0v) is 29.9. The molecule has 0 bridgehead atoms. The minimum Gasteiger partial charge on any atom is -0.451 e. The molecule has 0 heterocycles. The molecular weight excluding hydrogens is 617 g/mol. The molecule has 47 heavy (non-hydrogen) atoms. The van der Waals surface area contributed by atoms with Crippen LogP contribution in [0.15, 0.2) is 60.7 Å². The van der Waals surface area contributed by atoms with Gasteiger partial charge in [0.05, 0.1) is 13.2 Å². The largest absolute Gasteiger partial charge is 0.451 e. The zero-order valence-electron chi connectivity index (χ0n) is 29.0. The number of benzene rings is 2. The third-order valence-electron chi connectivity index (χ3n) is 7.79. The molecule has 0 aliphatic carbocycles.